The Balaban J connectivity index is 0.000000471. The molecule has 5 nitrogen and oxygen atoms in total. The summed E-state index contributed by atoms with van der Waals surface area (Å²) in [6.07, 6.45) is 1.28. The molecule has 0 saturated heterocycles. The molecule has 0 aliphatic rings. The zero-order valence-electron chi connectivity index (χ0n) is 13.8. The normalized spacial score (nSPS) is 10.3. The molecule has 0 spiro atoms. The molecular formula is C19H19NO4. The summed E-state index contributed by atoms with van der Waals surface area (Å²) in [7, 11) is 6.00. The highest BCUT2D eigenvalue weighted by Gasteiger charge is 2.09. The summed E-state index contributed by atoms with van der Waals surface area (Å²) >= 11 is 0. The fourth-order valence-corrected chi connectivity index (χ4v) is 2.19. The molecule has 1 aromatic heterocycles. The molecule has 24 heavy (non-hydrogen) atoms. The Morgan fingerprint density at radius 2 is 1.67 bits per heavy atom. The molecule has 2 aromatic carbocycles. The summed E-state index contributed by atoms with van der Waals surface area (Å²) in [5.41, 5.74) is 1.07. The standard InChI is InChI=1S/C16H10O4.C3H9N/c17-8-12-3-6-16(20-12)11-1-4-13-10(7-11)2-5-15(19)14(13)9-18;1-4(2)3/h1-9,19H;1-3H3. The Morgan fingerprint density at radius 1 is 0.958 bits per heavy atom. The number of hydrogen-bond donors (Lipinski definition) is 1. The van der Waals surface area contributed by atoms with Gasteiger partial charge in [0.15, 0.2) is 18.3 Å². The van der Waals surface area contributed by atoms with Crippen molar-refractivity contribution in [3.8, 4) is 17.1 Å². The third-order valence-corrected chi connectivity index (χ3v) is 3.18. The monoisotopic (exact) mass is 325 g/mol. The molecule has 0 aliphatic heterocycles. The van der Waals surface area contributed by atoms with Gasteiger partial charge in [0.25, 0.3) is 0 Å². The van der Waals surface area contributed by atoms with Crippen LogP contribution in [-0.2, 0) is 0 Å². The van der Waals surface area contributed by atoms with E-state index < -0.39 is 0 Å². The van der Waals surface area contributed by atoms with Crippen molar-refractivity contribution in [2.75, 3.05) is 21.1 Å². The fraction of sp³-hybridized carbons (Fsp3) is 0.158. The van der Waals surface area contributed by atoms with Gasteiger partial charge in [-0.15, -0.1) is 0 Å². The average molecular weight is 325 g/mol. The molecule has 3 rings (SSSR count). The first-order chi connectivity index (χ1) is 11.5. The van der Waals surface area contributed by atoms with Gasteiger partial charge in [0, 0.05) is 5.56 Å². The summed E-state index contributed by atoms with van der Waals surface area (Å²) in [5.74, 6) is 0.801. The second kappa shape index (κ2) is 7.57. The SMILES string of the molecule is CN(C)C.O=Cc1ccc(-c2ccc3c(C=O)c(O)ccc3c2)o1. The second-order valence-corrected chi connectivity index (χ2v) is 5.71. The van der Waals surface area contributed by atoms with E-state index in [-0.39, 0.29) is 17.1 Å². The van der Waals surface area contributed by atoms with Crippen molar-refractivity contribution in [2.24, 2.45) is 0 Å². The Hall–Kier alpha value is -2.92. The van der Waals surface area contributed by atoms with Crippen LogP contribution in [0, 0.1) is 0 Å². The lowest BCUT2D eigenvalue weighted by Gasteiger charge is -2.05. The molecule has 124 valence electrons. The average Bonchev–Trinajstić information content (AvgIpc) is 3.03. The maximum atomic E-state index is 11.0. The molecule has 5 heteroatoms. The first kappa shape index (κ1) is 17.4. The number of phenolic OH excluding ortho intramolecular Hbond substituents is 1. The molecule has 1 heterocycles. The molecule has 0 unspecified atom stereocenters. The van der Waals surface area contributed by atoms with E-state index in [0.29, 0.717) is 23.7 Å². The van der Waals surface area contributed by atoms with Crippen LogP contribution in [0.1, 0.15) is 20.9 Å². The van der Waals surface area contributed by atoms with Crippen molar-refractivity contribution in [2.45, 2.75) is 0 Å². The molecule has 0 fully saturated rings. The number of aldehydes is 2. The van der Waals surface area contributed by atoms with E-state index in [1.54, 1.807) is 30.3 Å². The van der Waals surface area contributed by atoms with Crippen LogP contribution in [0.25, 0.3) is 22.1 Å². The maximum absolute atomic E-state index is 11.0. The number of fused-ring (bicyclic) bond motifs is 1. The van der Waals surface area contributed by atoms with E-state index in [0.717, 1.165) is 10.9 Å². The quantitative estimate of drug-likeness (QED) is 0.745. The van der Waals surface area contributed by atoms with Gasteiger partial charge >= 0.3 is 0 Å². The number of nitrogens with zero attached hydrogens (tertiary/aromatic N) is 1. The molecule has 3 aromatic rings. The zero-order chi connectivity index (χ0) is 17.7. The lowest BCUT2D eigenvalue weighted by molar-refractivity contribution is 0.109. The maximum Gasteiger partial charge on any atom is 0.185 e. The largest absolute Gasteiger partial charge is 0.507 e. The van der Waals surface area contributed by atoms with Gasteiger partial charge in [0.05, 0.1) is 5.56 Å². The number of carbonyl (C=O) groups is 2. The van der Waals surface area contributed by atoms with Crippen LogP contribution in [0.5, 0.6) is 5.75 Å². The Labute approximate surface area is 140 Å². The van der Waals surface area contributed by atoms with E-state index in [1.807, 2.05) is 32.1 Å². The third kappa shape index (κ3) is 3.88. The number of rotatable bonds is 3. The summed E-state index contributed by atoms with van der Waals surface area (Å²) in [6.45, 7) is 0. The predicted molar refractivity (Wildman–Crippen MR) is 93.7 cm³/mol. The van der Waals surface area contributed by atoms with Gasteiger partial charge in [-0.25, -0.2) is 0 Å². The van der Waals surface area contributed by atoms with Gasteiger partial charge < -0.3 is 14.4 Å². The molecule has 0 amide bonds. The number of aromatic hydroxyl groups is 1. The number of benzene rings is 2. The first-order valence-corrected chi connectivity index (χ1v) is 7.33. The van der Waals surface area contributed by atoms with Crippen LogP contribution < -0.4 is 0 Å². The predicted octanol–water partition coefficient (Wildman–Crippen LogP) is 3.61. The number of carbonyl (C=O) groups excluding carboxylic acids is 2. The van der Waals surface area contributed by atoms with Gasteiger partial charge in [-0.3, -0.25) is 9.59 Å². The van der Waals surface area contributed by atoms with Crippen LogP contribution in [0.4, 0.5) is 0 Å². The molecule has 0 atom stereocenters. The molecular weight excluding hydrogens is 306 g/mol. The summed E-state index contributed by atoms with van der Waals surface area (Å²) < 4.78 is 5.36. The Morgan fingerprint density at radius 3 is 2.25 bits per heavy atom. The minimum atomic E-state index is -0.0403. The van der Waals surface area contributed by atoms with Gasteiger partial charge in [0.1, 0.15) is 11.5 Å². The van der Waals surface area contributed by atoms with E-state index in [1.165, 1.54) is 6.07 Å². The molecule has 0 bridgehead atoms. The number of hydrogen-bond acceptors (Lipinski definition) is 5. The van der Waals surface area contributed by atoms with Gasteiger partial charge in [-0.2, -0.15) is 0 Å². The van der Waals surface area contributed by atoms with E-state index in [4.69, 9.17) is 4.42 Å². The number of furan rings is 1. The highest BCUT2D eigenvalue weighted by atomic mass is 16.3. The van der Waals surface area contributed by atoms with Crippen LogP contribution in [-0.4, -0.2) is 43.7 Å². The summed E-state index contributed by atoms with van der Waals surface area (Å²) in [6, 6.07) is 11.9. The summed E-state index contributed by atoms with van der Waals surface area (Å²) in [4.78, 5) is 23.6. The molecule has 0 aliphatic carbocycles. The topological polar surface area (TPSA) is 70.8 Å². The highest BCUT2D eigenvalue weighted by molar-refractivity contribution is 6.01. The Bertz CT molecular complexity index is 862. The van der Waals surface area contributed by atoms with E-state index in [9.17, 15) is 14.7 Å². The molecule has 1 N–H and O–H groups in total. The van der Waals surface area contributed by atoms with Crippen molar-refractivity contribution in [3.05, 3.63) is 53.8 Å². The van der Waals surface area contributed by atoms with Crippen molar-refractivity contribution in [1.82, 2.24) is 4.90 Å². The summed E-state index contributed by atoms with van der Waals surface area (Å²) in [5, 5.41) is 11.1. The van der Waals surface area contributed by atoms with Crippen molar-refractivity contribution in [1.29, 1.82) is 0 Å². The smallest absolute Gasteiger partial charge is 0.185 e. The van der Waals surface area contributed by atoms with Gasteiger partial charge in [-0.05, 0) is 56.2 Å². The van der Waals surface area contributed by atoms with E-state index in [2.05, 4.69) is 0 Å². The number of phenols is 1. The van der Waals surface area contributed by atoms with Crippen LogP contribution >= 0.6 is 0 Å². The lowest BCUT2D eigenvalue weighted by atomic mass is 10.0. The van der Waals surface area contributed by atoms with Gasteiger partial charge in [-0.1, -0.05) is 18.2 Å². The first-order valence-electron chi connectivity index (χ1n) is 7.33. The third-order valence-electron chi connectivity index (χ3n) is 3.18. The van der Waals surface area contributed by atoms with Gasteiger partial charge in [0.2, 0.25) is 0 Å². The minimum absolute atomic E-state index is 0.0403. The highest BCUT2D eigenvalue weighted by Crippen LogP contribution is 2.30. The van der Waals surface area contributed by atoms with Crippen LogP contribution in [0.15, 0.2) is 46.9 Å². The Kier molecular flexibility index (Phi) is 5.50. The fourth-order valence-electron chi connectivity index (χ4n) is 2.19. The van der Waals surface area contributed by atoms with Crippen molar-refractivity contribution < 1.29 is 19.1 Å². The van der Waals surface area contributed by atoms with Crippen molar-refractivity contribution in [3.63, 3.8) is 0 Å². The second-order valence-electron chi connectivity index (χ2n) is 5.71. The molecule has 0 radical (unpaired) electrons. The van der Waals surface area contributed by atoms with Crippen LogP contribution in [0.2, 0.25) is 0 Å². The van der Waals surface area contributed by atoms with Crippen molar-refractivity contribution >= 4 is 23.3 Å². The van der Waals surface area contributed by atoms with Crippen LogP contribution in [0.3, 0.4) is 0 Å². The lowest BCUT2D eigenvalue weighted by Crippen LogP contribution is -1.99. The molecule has 0 saturated carbocycles. The zero-order valence-corrected chi connectivity index (χ0v) is 13.8. The van der Waals surface area contributed by atoms with E-state index >= 15 is 0 Å². The minimum Gasteiger partial charge on any atom is -0.507 e.